The Hall–Kier alpha value is -1.07. The van der Waals surface area contributed by atoms with Crippen LogP contribution >= 0.6 is 11.8 Å². The minimum atomic E-state index is 0.234. The van der Waals surface area contributed by atoms with Crippen LogP contribution in [-0.2, 0) is 4.79 Å². The quantitative estimate of drug-likeness (QED) is 0.861. The highest BCUT2D eigenvalue weighted by atomic mass is 32.2. The zero-order valence-corrected chi connectivity index (χ0v) is 12.6. The van der Waals surface area contributed by atoms with Gasteiger partial charge in [0, 0.05) is 42.5 Å². The lowest BCUT2D eigenvalue weighted by atomic mass is 9.98. The molecular weight excluding hydrogens is 270 g/mol. The summed E-state index contributed by atoms with van der Waals surface area (Å²) < 4.78 is 0. The third-order valence-electron chi connectivity index (χ3n) is 4.40. The van der Waals surface area contributed by atoms with E-state index in [2.05, 4.69) is 10.3 Å². The number of nitrogens with one attached hydrogen (secondary N) is 1. The molecule has 0 spiro atoms. The molecular formula is C15H21N3OS. The third kappa shape index (κ3) is 3.15. The number of nitrogens with zero attached hydrogens (tertiary/aromatic N) is 2. The number of rotatable bonds is 4. The van der Waals surface area contributed by atoms with E-state index in [-0.39, 0.29) is 5.91 Å². The summed E-state index contributed by atoms with van der Waals surface area (Å²) in [6.45, 7) is 0. The van der Waals surface area contributed by atoms with Crippen molar-refractivity contribution in [1.29, 1.82) is 0 Å². The van der Waals surface area contributed by atoms with Gasteiger partial charge >= 0.3 is 0 Å². The highest BCUT2D eigenvalue weighted by molar-refractivity contribution is 8.00. The van der Waals surface area contributed by atoms with Crippen LogP contribution in [0.2, 0.25) is 0 Å². The Bertz CT molecular complexity index is 455. The molecule has 1 aromatic rings. The molecule has 1 amide bonds. The van der Waals surface area contributed by atoms with Crippen LogP contribution in [0.25, 0.3) is 0 Å². The summed E-state index contributed by atoms with van der Waals surface area (Å²) in [6.07, 6.45) is 8.29. The SMILES string of the molecule is CN(C(=O)CSc1ccncc1)C1CC2CCC(C1)N2. The number of thioether (sulfide) groups is 1. The second-order valence-electron chi connectivity index (χ2n) is 5.74. The van der Waals surface area contributed by atoms with Gasteiger partial charge in [-0.15, -0.1) is 11.8 Å². The number of hydrogen-bond donors (Lipinski definition) is 1. The van der Waals surface area contributed by atoms with E-state index in [0.717, 1.165) is 17.7 Å². The lowest BCUT2D eigenvalue weighted by molar-refractivity contribution is -0.129. The molecule has 1 N–H and O–H groups in total. The van der Waals surface area contributed by atoms with E-state index >= 15 is 0 Å². The van der Waals surface area contributed by atoms with Crippen LogP contribution in [0.3, 0.4) is 0 Å². The van der Waals surface area contributed by atoms with Crippen LogP contribution in [0, 0.1) is 0 Å². The second kappa shape index (κ2) is 6.14. The Balaban J connectivity index is 1.52. The Morgan fingerprint density at radius 1 is 1.35 bits per heavy atom. The van der Waals surface area contributed by atoms with Gasteiger partial charge in [0.15, 0.2) is 0 Å². The van der Waals surface area contributed by atoms with E-state index in [1.165, 1.54) is 12.8 Å². The molecule has 2 fully saturated rings. The Labute approximate surface area is 124 Å². The molecule has 2 unspecified atom stereocenters. The molecule has 5 heteroatoms. The van der Waals surface area contributed by atoms with Crippen molar-refractivity contribution in [2.75, 3.05) is 12.8 Å². The molecule has 2 saturated heterocycles. The summed E-state index contributed by atoms with van der Waals surface area (Å²) in [6, 6.07) is 5.56. The first-order valence-corrected chi connectivity index (χ1v) is 8.25. The minimum absolute atomic E-state index is 0.234. The van der Waals surface area contributed by atoms with Crippen molar-refractivity contribution in [3.8, 4) is 0 Å². The maximum Gasteiger partial charge on any atom is 0.232 e. The van der Waals surface area contributed by atoms with Crippen molar-refractivity contribution in [2.24, 2.45) is 0 Å². The Kier molecular flexibility index (Phi) is 4.27. The number of aromatic nitrogens is 1. The molecule has 20 heavy (non-hydrogen) atoms. The average molecular weight is 291 g/mol. The van der Waals surface area contributed by atoms with Gasteiger partial charge in [-0.05, 0) is 37.8 Å². The van der Waals surface area contributed by atoms with Gasteiger partial charge in [-0.3, -0.25) is 9.78 Å². The van der Waals surface area contributed by atoms with Crippen molar-refractivity contribution in [2.45, 2.75) is 48.7 Å². The number of piperidine rings is 1. The molecule has 108 valence electrons. The summed E-state index contributed by atoms with van der Waals surface area (Å²) >= 11 is 1.59. The number of amides is 1. The zero-order chi connectivity index (χ0) is 13.9. The molecule has 2 bridgehead atoms. The molecule has 1 aromatic heterocycles. The van der Waals surface area contributed by atoms with Crippen molar-refractivity contribution in [3.63, 3.8) is 0 Å². The molecule has 2 aliphatic heterocycles. The Morgan fingerprint density at radius 3 is 2.65 bits per heavy atom. The smallest absolute Gasteiger partial charge is 0.232 e. The molecule has 0 aromatic carbocycles. The van der Waals surface area contributed by atoms with Crippen LogP contribution in [-0.4, -0.2) is 46.7 Å². The van der Waals surface area contributed by atoms with Gasteiger partial charge in [0.1, 0.15) is 0 Å². The van der Waals surface area contributed by atoms with Gasteiger partial charge in [-0.25, -0.2) is 0 Å². The lowest BCUT2D eigenvalue weighted by Crippen LogP contribution is -2.49. The summed E-state index contributed by atoms with van der Waals surface area (Å²) in [5.74, 6) is 0.748. The molecule has 2 atom stereocenters. The van der Waals surface area contributed by atoms with Gasteiger partial charge in [-0.2, -0.15) is 0 Å². The summed E-state index contributed by atoms with van der Waals surface area (Å²) in [5, 5.41) is 3.62. The maximum atomic E-state index is 12.3. The molecule has 4 nitrogen and oxygen atoms in total. The van der Waals surface area contributed by atoms with E-state index in [4.69, 9.17) is 0 Å². The zero-order valence-electron chi connectivity index (χ0n) is 11.8. The topological polar surface area (TPSA) is 45.2 Å². The highest BCUT2D eigenvalue weighted by Gasteiger charge is 2.36. The largest absolute Gasteiger partial charge is 0.342 e. The minimum Gasteiger partial charge on any atom is -0.342 e. The van der Waals surface area contributed by atoms with Gasteiger partial charge in [-0.1, -0.05) is 0 Å². The van der Waals surface area contributed by atoms with Crippen LogP contribution in [0.1, 0.15) is 25.7 Å². The van der Waals surface area contributed by atoms with E-state index in [1.54, 1.807) is 24.2 Å². The number of pyridine rings is 1. The first-order chi connectivity index (χ1) is 9.72. The van der Waals surface area contributed by atoms with Crippen LogP contribution < -0.4 is 5.32 Å². The van der Waals surface area contributed by atoms with Crippen LogP contribution in [0.4, 0.5) is 0 Å². The molecule has 0 radical (unpaired) electrons. The van der Waals surface area contributed by atoms with Gasteiger partial charge in [0.05, 0.1) is 5.75 Å². The predicted molar refractivity (Wildman–Crippen MR) is 80.7 cm³/mol. The fourth-order valence-electron chi connectivity index (χ4n) is 3.23. The normalized spacial score (nSPS) is 28.4. The first kappa shape index (κ1) is 13.9. The maximum absolute atomic E-state index is 12.3. The van der Waals surface area contributed by atoms with E-state index in [9.17, 15) is 4.79 Å². The fourth-order valence-corrected chi connectivity index (χ4v) is 4.04. The van der Waals surface area contributed by atoms with Gasteiger partial charge in [0.25, 0.3) is 0 Å². The molecule has 3 rings (SSSR count). The summed E-state index contributed by atoms with van der Waals surface area (Å²) in [7, 11) is 1.96. The molecule has 3 heterocycles. The van der Waals surface area contributed by atoms with E-state index < -0.39 is 0 Å². The van der Waals surface area contributed by atoms with Crippen LogP contribution in [0.15, 0.2) is 29.4 Å². The highest BCUT2D eigenvalue weighted by Crippen LogP contribution is 2.29. The van der Waals surface area contributed by atoms with Crippen molar-refractivity contribution >= 4 is 17.7 Å². The number of carbonyl (C=O) groups is 1. The second-order valence-corrected chi connectivity index (χ2v) is 6.79. The standard InChI is InChI=1S/C15H21N3OS/c1-18(13-8-11-2-3-12(9-13)17-11)15(19)10-20-14-4-6-16-7-5-14/h4-7,11-13,17H,2-3,8-10H2,1H3. The lowest BCUT2D eigenvalue weighted by Gasteiger charge is -2.35. The first-order valence-electron chi connectivity index (χ1n) is 7.27. The van der Waals surface area contributed by atoms with Crippen molar-refractivity contribution in [3.05, 3.63) is 24.5 Å². The Morgan fingerprint density at radius 2 is 2.00 bits per heavy atom. The average Bonchev–Trinajstić information content (AvgIpc) is 2.83. The monoisotopic (exact) mass is 291 g/mol. The van der Waals surface area contributed by atoms with Gasteiger partial charge < -0.3 is 10.2 Å². The molecule has 0 saturated carbocycles. The summed E-state index contributed by atoms with van der Waals surface area (Å²) in [5.41, 5.74) is 0. The number of carbonyl (C=O) groups excluding carboxylic acids is 1. The number of fused-ring (bicyclic) bond motifs is 2. The van der Waals surface area contributed by atoms with E-state index in [1.807, 2.05) is 24.1 Å². The number of hydrogen-bond acceptors (Lipinski definition) is 4. The summed E-state index contributed by atoms with van der Waals surface area (Å²) in [4.78, 5) is 19.4. The molecule has 2 aliphatic rings. The predicted octanol–water partition coefficient (Wildman–Crippen LogP) is 1.92. The molecule has 0 aliphatic carbocycles. The van der Waals surface area contributed by atoms with Crippen molar-refractivity contribution in [1.82, 2.24) is 15.2 Å². The fraction of sp³-hybridized carbons (Fsp3) is 0.600. The third-order valence-corrected chi connectivity index (χ3v) is 5.40. The van der Waals surface area contributed by atoms with E-state index in [0.29, 0.717) is 23.9 Å². The van der Waals surface area contributed by atoms with Crippen LogP contribution in [0.5, 0.6) is 0 Å². The van der Waals surface area contributed by atoms with Crippen molar-refractivity contribution < 1.29 is 4.79 Å². The van der Waals surface area contributed by atoms with Gasteiger partial charge in [0.2, 0.25) is 5.91 Å².